The van der Waals surface area contributed by atoms with Crippen molar-refractivity contribution in [1.82, 2.24) is 10.2 Å². The van der Waals surface area contributed by atoms with Gasteiger partial charge in [0.2, 0.25) is 0 Å². The number of amides is 2. The zero-order valence-corrected chi connectivity index (χ0v) is 18.6. The maximum atomic E-state index is 12.4. The molecule has 0 fully saturated rings. The van der Waals surface area contributed by atoms with Crippen LogP contribution in [0.25, 0.3) is 0 Å². The lowest BCUT2D eigenvalue weighted by molar-refractivity contribution is -0.136. The molecule has 1 aliphatic rings. The van der Waals surface area contributed by atoms with Gasteiger partial charge in [-0.2, -0.15) is 0 Å². The van der Waals surface area contributed by atoms with Gasteiger partial charge in [-0.05, 0) is 75.2 Å². The number of nitrogens with one attached hydrogen (secondary N) is 2. The first-order valence-corrected chi connectivity index (χ1v) is 10.4. The molecular formula is C24H32N4O2. The second-order valence-corrected chi connectivity index (χ2v) is 8.38. The molecule has 0 saturated carbocycles. The number of rotatable bonds is 5. The normalized spacial score (nSPS) is 14.3. The van der Waals surface area contributed by atoms with E-state index in [1.54, 1.807) is 0 Å². The van der Waals surface area contributed by atoms with E-state index in [-0.39, 0.29) is 6.04 Å². The van der Waals surface area contributed by atoms with Crippen LogP contribution >= 0.6 is 0 Å². The Balaban J connectivity index is 1.66. The Morgan fingerprint density at radius 1 is 1.10 bits per heavy atom. The van der Waals surface area contributed by atoms with Gasteiger partial charge in [-0.1, -0.05) is 24.3 Å². The number of carbonyl (C=O) groups excluding carboxylic acids is 2. The first-order chi connectivity index (χ1) is 14.3. The molecule has 2 aromatic rings. The molecule has 1 heterocycles. The van der Waals surface area contributed by atoms with Crippen LogP contribution in [0.3, 0.4) is 0 Å². The number of likely N-dealkylation sites (N-methyl/N-ethyl adjacent to an activating group) is 1. The molecule has 0 radical (unpaired) electrons. The molecule has 0 saturated heterocycles. The number of aryl methyl sites for hydroxylation is 3. The van der Waals surface area contributed by atoms with Crippen LogP contribution in [0.4, 0.5) is 11.4 Å². The molecule has 3 rings (SSSR count). The topological polar surface area (TPSA) is 64.7 Å². The van der Waals surface area contributed by atoms with Gasteiger partial charge in [-0.15, -0.1) is 0 Å². The van der Waals surface area contributed by atoms with Gasteiger partial charge in [0.25, 0.3) is 0 Å². The largest absolute Gasteiger partial charge is 0.374 e. The molecule has 2 aromatic carbocycles. The average Bonchev–Trinajstić information content (AvgIpc) is 2.70. The van der Waals surface area contributed by atoms with Crippen molar-refractivity contribution in [2.24, 2.45) is 0 Å². The molecule has 0 aliphatic carbocycles. The minimum atomic E-state index is -0.645. The lowest BCUT2D eigenvalue weighted by atomic mass is 9.96. The van der Waals surface area contributed by atoms with Gasteiger partial charge in [0.05, 0.1) is 6.04 Å². The van der Waals surface area contributed by atoms with Crippen LogP contribution < -0.4 is 15.5 Å². The van der Waals surface area contributed by atoms with Crippen molar-refractivity contribution in [1.29, 1.82) is 0 Å². The Kier molecular flexibility index (Phi) is 6.77. The van der Waals surface area contributed by atoms with E-state index in [1.807, 2.05) is 46.1 Å². The summed E-state index contributed by atoms with van der Waals surface area (Å²) >= 11 is 0. The summed E-state index contributed by atoms with van der Waals surface area (Å²) in [5.41, 5.74) is 6.38. The van der Waals surface area contributed by atoms with Crippen LogP contribution in [0.2, 0.25) is 0 Å². The number of hydrogen-bond acceptors (Lipinski definition) is 4. The fourth-order valence-electron chi connectivity index (χ4n) is 3.93. The molecule has 30 heavy (non-hydrogen) atoms. The number of benzene rings is 2. The molecule has 0 aromatic heterocycles. The highest BCUT2D eigenvalue weighted by Gasteiger charge is 2.21. The van der Waals surface area contributed by atoms with Crippen molar-refractivity contribution in [2.45, 2.75) is 32.7 Å². The van der Waals surface area contributed by atoms with Gasteiger partial charge in [0.15, 0.2) is 0 Å². The summed E-state index contributed by atoms with van der Waals surface area (Å²) < 4.78 is 0. The van der Waals surface area contributed by atoms with Crippen LogP contribution in [0.5, 0.6) is 0 Å². The third-order valence-electron chi connectivity index (χ3n) is 5.77. The van der Waals surface area contributed by atoms with Crippen LogP contribution in [-0.4, -0.2) is 50.9 Å². The maximum absolute atomic E-state index is 12.4. The van der Waals surface area contributed by atoms with Gasteiger partial charge in [-0.25, -0.2) is 0 Å². The molecule has 160 valence electrons. The first kappa shape index (κ1) is 21.8. The van der Waals surface area contributed by atoms with Gasteiger partial charge < -0.3 is 20.4 Å². The Hall–Kier alpha value is -2.86. The fourth-order valence-corrected chi connectivity index (χ4v) is 3.93. The van der Waals surface area contributed by atoms with Crippen molar-refractivity contribution < 1.29 is 9.59 Å². The highest BCUT2D eigenvalue weighted by atomic mass is 16.2. The van der Waals surface area contributed by atoms with Gasteiger partial charge in [0.1, 0.15) is 0 Å². The zero-order chi connectivity index (χ0) is 21.8. The Bertz CT molecular complexity index is 939. The van der Waals surface area contributed by atoms with E-state index in [4.69, 9.17) is 0 Å². The smallest absolute Gasteiger partial charge is 0.313 e. The molecule has 0 unspecified atom stereocenters. The van der Waals surface area contributed by atoms with E-state index in [0.717, 1.165) is 36.1 Å². The Morgan fingerprint density at radius 3 is 2.60 bits per heavy atom. The Morgan fingerprint density at radius 2 is 1.87 bits per heavy atom. The summed E-state index contributed by atoms with van der Waals surface area (Å²) in [5.74, 6) is -1.27. The summed E-state index contributed by atoms with van der Waals surface area (Å²) in [4.78, 5) is 29.2. The molecule has 6 heteroatoms. The van der Waals surface area contributed by atoms with Crippen molar-refractivity contribution in [3.63, 3.8) is 0 Å². The van der Waals surface area contributed by atoms with Crippen molar-refractivity contribution >= 4 is 23.2 Å². The number of anilines is 2. The van der Waals surface area contributed by atoms with E-state index in [9.17, 15) is 9.59 Å². The lowest BCUT2D eigenvalue weighted by Gasteiger charge is -2.30. The van der Waals surface area contributed by atoms with E-state index in [0.29, 0.717) is 12.2 Å². The fraction of sp³-hybridized carbons (Fsp3) is 0.417. The van der Waals surface area contributed by atoms with Crippen molar-refractivity contribution in [2.75, 3.05) is 44.4 Å². The zero-order valence-electron chi connectivity index (χ0n) is 18.6. The van der Waals surface area contributed by atoms with Gasteiger partial charge >= 0.3 is 11.8 Å². The van der Waals surface area contributed by atoms with Gasteiger partial charge in [0, 0.05) is 31.5 Å². The minimum absolute atomic E-state index is 0.0139. The van der Waals surface area contributed by atoms with Crippen molar-refractivity contribution in [3.8, 4) is 0 Å². The summed E-state index contributed by atoms with van der Waals surface area (Å²) in [7, 11) is 6.09. The van der Waals surface area contributed by atoms with Crippen LogP contribution in [0.15, 0.2) is 36.4 Å². The molecule has 0 spiro atoms. The minimum Gasteiger partial charge on any atom is -0.374 e. The quantitative estimate of drug-likeness (QED) is 0.747. The van der Waals surface area contributed by atoms with Crippen LogP contribution in [0, 0.1) is 13.8 Å². The van der Waals surface area contributed by atoms with E-state index < -0.39 is 11.8 Å². The highest BCUT2D eigenvalue weighted by Crippen LogP contribution is 2.29. The first-order valence-electron chi connectivity index (χ1n) is 10.4. The second kappa shape index (κ2) is 9.30. The molecule has 0 bridgehead atoms. The lowest BCUT2D eigenvalue weighted by Crippen LogP contribution is -2.40. The molecule has 1 aliphatic heterocycles. The number of carbonyl (C=O) groups is 2. The maximum Gasteiger partial charge on any atom is 0.313 e. The van der Waals surface area contributed by atoms with Crippen LogP contribution in [-0.2, 0) is 16.0 Å². The summed E-state index contributed by atoms with van der Waals surface area (Å²) in [5, 5.41) is 5.52. The predicted octanol–water partition coefficient (Wildman–Crippen LogP) is 3.04. The second-order valence-electron chi connectivity index (χ2n) is 8.38. The third-order valence-corrected chi connectivity index (χ3v) is 5.77. The van der Waals surface area contributed by atoms with E-state index >= 15 is 0 Å². The summed E-state index contributed by atoms with van der Waals surface area (Å²) in [6, 6.07) is 12.3. The SMILES string of the molecule is Cc1ccc(C)c(NC(=O)C(=O)NC[C@@H](c2ccc3c(c2)CCCN3C)N(C)C)c1. The van der Waals surface area contributed by atoms with Crippen LogP contribution in [0.1, 0.15) is 34.7 Å². The summed E-state index contributed by atoms with van der Waals surface area (Å²) in [6.07, 6.45) is 2.22. The monoisotopic (exact) mass is 408 g/mol. The highest BCUT2D eigenvalue weighted by molar-refractivity contribution is 6.39. The average molecular weight is 409 g/mol. The van der Waals surface area contributed by atoms with E-state index in [2.05, 4.69) is 45.7 Å². The third kappa shape index (κ3) is 5.00. The molecular weight excluding hydrogens is 376 g/mol. The molecule has 6 nitrogen and oxygen atoms in total. The molecule has 2 N–H and O–H groups in total. The molecule has 1 atom stereocenters. The van der Waals surface area contributed by atoms with Gasteiger partial charge in [-0.3, -0.25) is 9.59 Å². The standard InChI is InChI=1S/C24H32N4O2/c1-16-8-9-17(2)20(13-16)26-24(30)23(29)25-15-22(27(3)4)19-10-11-21-18(14-19)7-6-12-28(21)5/h8-11,13-14,22H,6-7,12,15H2,1-5H3,(H,25,29)(H,26,30)/t22-/m0/s1. The molecule has 2 amide bonds. The Labute approximate surface area is 179 Å². The summed E-state index contributed by atoms with van der Waals surface area (Å²) in [6.45, 7) is 5.30. The van der Waals surface area contributed by atoms with E-state index in [1.165, 1.54) is 11.3 Å². The predicted molar refractivity (Wildman–Crippen MR) is 122 cm³/mol. The van der Waals surface area contributed by atoms with Crippen molar-refractivity contribution in [3.05, 3.63) is 58.7 Å². The number of hydrogen-bond donors (Lipinski definition) is 2. The number of nitrogens with zero attached hydrogens (tertiary/aromatic N) is 2. The number of fused-ring (bicyclic) bond motifs is 1.